The zero-order valence-corrected chi connectivity index (χ0v) is 22.0. The van der Waals surface area contributed by atoms with Crippen molar-refractivity contribution >= 4 is 11.3 Å². The number of hydrogen-bond donors (Lipinski definition) is 0. The number of aromatic nitrogens is 6. The van der Waals surface area contributed by atoms with Crippen LogP contribution in [0.3, 0.4) is 0 Å². The minimum Gasteiger partial charge on any atom is -0.353 e. The first-order valence-electron chi connectivity index (χ1n) is 13.4. The third kappa shape index (κ3) is 4.14. The molecule has 0 N–H and O–H groups in total. The van der Waals surface area contributed by atoms with Crippen molar-refractivity contribution in [2.45, 2.75) is 44.9 Å². The Morgan fingerprint density at radius 1 is 0.949 bits per heavy atom. The van der Waals surface area contributed by atoms with Crippen molar-refractivity contribution < 1.29 is 0 Å². The molecule has 39 heavy (non-hydrogen) atoms. The number of nitrogens with zero attached hydrogens (tertiary/aromatic N) is 9. The molecule has 8 heterocycles. The van der Waals surface area contributed by atoms with Gasteiger partial charge < -0.3 is 4.90 Å². The van der Waals surface area contributed by atoms with Crippen LogP contribution in [0.15, 0.2) is 73.6 Å². The van der Waals surface area contributed by atoms with E-state index in [2.05, 4.69) is 75.2 Å². The van der Waals surface area contributed by atoms with Gasteiger partial charge in [0.1, 0.15) is 11.9 Å². The molecule has 194 valence electrons. The minimum absolute atomic E-state index is 0.275. The maximum absolute atomic E-state index is 9.76. The molecule has 9 heteroatoms. The van der Waals surface area contributed by atoms with E-state index < -0.39 is 0 Å². The summed E-state index contributed by atoms with van der Waals surface area (Å²) >= 11 is 0. The summed E-state index contributed by atoms with van der Waals surface area (Å²) in [6.45, 7) is 7.06. The molecular weight excluding hydrogens is 486 g/mol. The van der Waals surface area contributed by atoms with Crippen LogP contribution in [-0.4, -0.2) is 59.4 Å². The molecule has 5 aromatic heterocycles. The highest BCUT2D eigenvalue weighted by molar-refractivity contribution is 5.87. The van der Waals surface area contributed by atoms with Gasteiger partial charge in [-0.15, -0.1) is 0 Å². The third-order valence-corrected chi connectivity index (χ3v) is 7.99. The number of piperidine rings is 1. The second-order valence-electron chi connectivity index (χ2n) is 10.8. The molecule has 3 saturated heterocycles. The zero-order chi connectivity index (χ0) is 26.5. The predicted octanol–water partition coefficient (Wildman–Crippen LogP) is 4.57. The van der Waals surface area contributed by atoms with Gasteiger partial charge in [-0.2, -0.15) is 15.5 Å². The summed E-state index contributed by atoms with van der Waals surface area (Å²) in [5.74, 6) is 0.991. The van der Waals surface area contributed by atoms with Gasteiger partial charge in [0.25, 0.3) is 0 Å². The van der Waals surface area contributed by atoms with Crippen LogP contribution >= 0.6 is 0 Å². The number of nitriles is 1. The van der Waals surface area contributed by atoms with Crippen molar-refractivity contribution in [2.75, 3.05) is 18.0 Å². The van der Waals surface area contributed by atoms with Gasteiger partial charge in [-0.3, -0.25) is 14.6 Å². The Hall–Kier alpha value is -4.55. The quantitative estimate of drug-likeness (QED) is 0.327. The number of pyridine rings is 3. The van der Waals surface area contributed by atoms with Crippen molar-refractivity contribution in [1.29, 1.82) is 5.26 Å². The number of fused-ring (bicyclic) bond motifs is 3. The standard InChI is InChI=1S/C30H29N9/c1-20(2)38-16-24(14-34-38)22-9-28(30-23(11-31)13-35-39(30)15-22)21-6-7-29(33-12-21)36-18-26-10-27(19-36)37(26)17-25-5-3-4-8-32-25/h3-9,12-16,20,26-27H,10,17-19H2,1-2H3. The molecule has 2 atom stereocenters. The van der Waals surface area contributed by atoms with E-state index in [1.807, 2.05) is 41.7 Å². The van der Waals surface area contributed by atoms with Gasteiger partial charge in [-0.05, 0) is 50.6 Å². The molecular formula is C30H29N9. The lowest BCUT2D eigenvalue weighted by Crippen LogP contribution is -2.68. The molecule has 5 aromatic rings. The fourth-order valence-corrected chi connectivity index (χ4v) is 5.89. The van der Waals surface area contributed by atoms with Crippen LogP contribution in [0.25, 0.3) is 27.8 Å². The summed E-state index contributed by atoms with van der Waals surface area (Å²) in [4.78, 5) is 14.4. The third-order valence-electron chi connectivity index (χ3n) is 7.99. The molecule has 2 bridgehead atoms. The molecule has 2 unspecified atom stereocenters. The lowest BCUT2D eigenvalue weighted by atomic mass is 9.87. The van der Waals surface area contributed by atoms with E-state index in [-0.39, 0.29) is 6.04 Å². The Labute approximate surface area is 227 Å². The smallest absolute Gasteiger partial charge is 0.128 e. The molecule has 0 aromatic carbocycles. The Bertz CT molecular complexity index is 1670. The van der Waals surface area contributed by atoms with Crippen molar-refractivity contribution in [2.24, 2.45) is 0 Å². The number of anilines is 1. The molecule has 3 fully saturated rings. The first-order valence-corrected chi connectivity index (χ1v) is 13.4. The van der Waals surface area contributed by atoms with Crippen LogP contribution in [0.1, 0.15) is 37.6 Å². The number of rotatable bonds is 6. The van der Waals surface area contributed by atoms with Crippen molar-refractivity contribution in [3.8, 4) is 28.3 Å². The summed E-state index contributed by atoms with van der Waals surface area (Å²) < 4.78 is 3.73. The zero-order valence-electron chi connectivity index (χ0n) is 22.0. The number of hydrogen-bond acceptors (Lipinski definition) is 7. The van der Waals surface area contributed by atoms with Crippen molar-refractivity contribution in [1.82, 2.24) is 34.3 Å². The van der Waals surface area contributed by atoms with E-state index in [1.165, 1.54) is 6.42 Å². The SMILES string of the molecule is CC(C)n1cc(-c2cc(-c3ccc(N4CC5CC(C4)N5Cc4ccccn4)nc3)c3c(C#N)cnn3c2)cn1. The van der Waals surface area contributed by atoms with Gasteiger partial charge in [0.15, 0.2) is 0 Å². The van der Waals surface area contributed by atoms with Gasteiger partial charge in [0, 0.05) is 84.8 Å². The van der Waals surface area contributed by atoms with Crippen LogP contribution in [0.4, 0.5) is 5.82 Å². The highest BCUT2D eigenvalue weighted by Gasteiger charge is 2.44. The predicted molar refractivity (Wildman–Crippen MR) is 149 cm³/mol. The molecule has 0 saturated carbocycles. The first-order chi connectivity index (χ1) is 19.1. The average Bonchev–Trinajstić information content (AvgIpc) is 3.64. The molecule has 3 aliphatic heterocycles. The molecule has 3 aliphatic rings. The summed E-state index contributed by atoms with van der Waals surface area (Å²) in [5, 5.41) is 18.7. The minimum atomic E-state index is 0.275. The van der Waals surface area contributed by atoms with Gasteiger partial charge in [0.05, 0.1) is 29.2 Å². The highest BCUT2D eigenvalue weighted by atomic mass is 15.4. The molecule has 0 spiro atoms. The molecule has 9 nitrogen and oxygen atoms in total. The fourth-order valence-electron chi connectivity index (χ4n) is 5.89. The largest absolute Gasteiger partial charge is 0.353 e. The highest BCUT2D eigenvalue weighted by Crippen LogP contribution is 2.36. The van der Waals surface area contributed by atoms with Crippen molar-refractivity contribution in [3.05, 3.63) is 84.8 Å². The van der Waals surface area contributed by atoms with Crippen molar-refractivity contribution in [3.63, 3.8) is 0 Å². The topological polar surface area (TPSA) is 91.2 Å². The molecule has 8 rings (SSSR count). The average molecular weight is 516 g/mol. The van der Waals surface area contributed by atoms with Crippen LogP contribution in [0.2, 0.25) is 0 Å². The summed E-state index contributed by atoms with van der Waals surface area (Å²) in [5.41, 5.74) is 6.35. The molecule has 0 amide bonds. The van der Waals surface area contributed by atoms with Gasteiger partial charge in [-0.25, -0.2) is 9.50 Å². The second kappa shape index (κ2) is 9.33. The lowest BCUT2D eigenvalue weighted by molar-refractivity contribution is -0.00967. The fraction of sp³-hybridized carbons (Fsp3) is 0.300. The Morgan fingerprint density at radius 3 is 2.51 bits per heavy atom. The second-order valence-corrected chi connectivity index (χ2v) is 10.8. The Balaban J connectivity index is 1.16. The van der Waals surface area contributed by atoms with Gasteiger partial charge >= 0.3 is 0 Å². The maximum Gasteiger partial charge on any atom is 0.128 e. The van der Waals surface area contributed by atoms with Gasteiger partial charge in [0.2, 0.25) is 0 Å². The van der Waals surface area contributed by atoms with E-state index >= 15 is 0 Å². The van der Waals surface area contributed by atoms with Crippen LogP contribution in [0, 0.1) is 11.3 Å². The van der Waals surface area contributed by atoms with Crippen LogP contribution < -0.4 is 4.90 Å². The van der Waals surface area contributed by atoms with E-state index in [4.69, 9.17) is 4.98 Å². The summed E-state index contributed by atoms with van der Waals surface area (Å²) in [7, 11) is 0. The van der Waals surface area contributed by atoms with Crippen LogP contribution in [-0.2, 0) is 6.54 Å². The van der Waals surface area contributed by atoms with Gasteiger partial charge in [-0.1, -0.05) is 6.07 Å². The number of piperazine rings is 1. The van der Waals surface area contributed by atoms with Crippen LogP contribution in [0.5, 0.6) is 0 Å². The monoisotopic (exact) mass is 515 g/mol. The van der Waals surface area contributed by atoms with E-state index in [0.29, 0.717) is 17.6 Å². The van der Waals surface area contributed by atoms with E-state index in [0.717, 1.165) is 58.9 Å². The molecule has 0 aliphatic carbocycles. The Kier molecular flexibility index (Phi) is 5.63. The van der Waals surface area contributed by atoms with E-state index in [1.54, 1.807) is 10.7 Å². The normalized spacial score (nSPS) is 18.9. The molecule has 0 radical (unpaired) electrons. The summed E-state index contributed by atoms with van der Waals surface area (Å²) in [6.07, 6.45) is 12.5. The first kappa shape index (κ1) is 23.6. The maximum atomic E-state index is 9.76. The Morgan fingerprint density at radius 2 is 1.82 bits per heavy atom. The van der Waals surface area contributed by atoms with E-state index in [9.17, 15) is 5.26 Å². The lowest BCUT2D eigenvalue weighted by Gasteiger charge is -2.56. The summed E-state index contributed by atoms with van der Waals surface area (Å²) in [6, 6.07) is 16.1.